The van der Waals surface area contributed by atoms with Crippen LogP contribution in [-0.2, 0) is 6.54 Å². The van der Waals surface area contributed by atoms with Crippen LogP contribution in [-0.4, -0.2) is 27.9 Å². The molecule has 0 bridgehead atoms. The lowest BCUT2D eigenvalue weighted by atomic mass is 10.2. The van der Waals surface area contributed by atoms with E-state index >= 15 is 0 Å². The van der Waals surface area contributed by atoms with Crippen LogP contribution in [0.15, 0.2) is 34.9 Å². The van der Waals surface area contributed by atoms with Crippen LogP contribution in [0, 0.1) is 0 Å². The zero-order chi connectivity index (χ0) is 14.7. The van der Waals surface area contributed by atoms with Gasteiger partial charge in [0.15, 0.2) is 5.82 Å². The molecule has 0 radical (unpaired) electrons. The first-order chi connectivity index (χ1) is 10.3. The number of hydrogen-bond acceptors (Lipinski definition) is 5. The van der Waals surface area contributed by atoms with Gasteiger partial charge in [-0.1, -0.05) is 30.3 Å². The molecule has 0 amide bonds. The van der Waals surface area contributed by atoms with Crippen molar-refractivity contribution in [3.8, 4) is 0 Å². The van der Waals surface area contributed by atoms with Crippen molar-refractivity contribution in [2.24, 2.45) is 0 Å². The van der Waals surface area contributed by atoms with Crippen LogP contribution < -0.4 is 4.90 Å². The van der Waals surface area contributed by atoms with Gasteiger partial charge in [-0.15, -0.1) is 0 Å². The first-order valence-corrected chi connectivity index (χ1v) is 7.56. The van der Waals surface area contributed by atoms with Crippen LogP contribution in [0.5, 0.6) is 0 Å². The van der Waals surface area contributed by atoms with E-state index in [1.54, 1.807) is 0 Å². The molecule has 2 aromatic rings. The Morgan fingerprint density at radius 2 is 2.10 bits per heavy atom. The molecular weight excluding hydrogens is 266 g/mol. The SMILES string of the molecule is CCC(O)CN(Cc1noc(C2CC2)n1)c1ccccc1. The largest absolute Gasteiger partial charge is 0.391 e. The number of anilines is 1. The third-order valence-corrected chi connectivity index (χ3v) is 3.77. The quantitative estimate of drug-likeness (QED) is 0.848. The highest BCUT2D eigenvalue weighted by Crippen LogP contribution is 2.38. The maximum absolute atomic E-state index is 9.97. The number of aliphatic hydroxyl groups is 1. The number of para-hydroxylation sites is 1. The minimum atomic E-state index is -0.361. The molecule has 1 aliphatic rings. The van der Waals surface area contributed by atoms with Crippen LogP contribution in [0.3, 0.4) is 0 Å². The van der Waals surface area contributed by atoms with E-state index in [4.69, 9.17) is 4.52 Å². The van der Waals surface area contributed by atoms with Crippen LogP contribution in [0.1, 0.15) is 43.8 Å². The molecule has 1 unspecified atom stereocenters. The van der Waals surface area contributed by atoms with Gasteiger partial charge in [0.1, 0.15) is 0 Å². The summed E-state index contributed by atoms with van der Waals surface area (Å²) < 4.78 is 5.31. The van der Waals surface area contributed by atoms with Gasteiger partial charge in [-0.25, -0.2) is 0 Å². The van der Waals surface area contributed by atoms with Crippen molar-refractivity contribution in [2.75, 3.05) is 11.4 Å². The molecule has 3 rings (SSSR count). The summed E-state index contributed by atoms with van der Waals surface area (Å²) >= 11 is 0. The smallest absolute Gasteiger partial charge is 0.229 e. The first-order valence-electron chi connectivity index (χ1n) is 7.56. The van der Waals surface area contributed by atoms with Crippen molar-refractivity contribution in [1.82, 2.24) is 10.1 Å². The monoisotopic (exact) mass is 287 g/mol. The topological polar surface area (TPSA) is 62.4 Å². The fraction of sp³-hybridized carbons (Fsp3) is 0.500. The molecule has 0 saturated heterocycles. The highest BCUT2D eigenvalue weighted by atomic mass is 16.5. The van der Waals surface area contributed by atoms with Crippen LogP contribution in [0.25, 0.3) is 0 Å². The van der Waals surface area contributed by atoms with Crippen molar-refractivity contribution in [3.05, 3.63) is 42.0 Å². The Kier molecular flexibility index (Phi) is 4.20. The van der Waals surface area contributed by atoms with E-state index in [9.17, 15) is 5.11 Å². The summed E-state index contributed by atoms with van der Waals surface area (Å²) in [6.07, 6.45) is 2.67. The molecule has 0 spiro atoms. The van der Waals surface area contributed by atoms with Crippen LogP contribution in [0.2, 0.25) is 0 Å². The summed E-state index contributed by atoms with van der Waals surface area (Å²) in [5.41, 5.74) is 1.06. The van der Waals surface area contributed by atoms with E-state index in [0.29, 0.717) is 24.8 Å². The van der Waals surface area contributed by atoms with Gasteiger partial charge in [-0.2, -0.15) is 4.98 Å². The number of rotatable bonds is 7. The number of hydrogen-bond donors (Lipinski definition) is 1. The second-order valence-corrected chi connectivity index (χ2v) is 5.60. The van der Waals surface area contributed by atoms with Gasteiger partial charge >= 0.3 is 0 Å². The standard InChI is InChI=1S/C16H21N3O2/c1-2-14(20)10-19(13-6-4-3-5-7-13)11-15-17-16(21-18-15)12-8-9-12/h3-7,12,14,20H,2,8-11H2,1H3. The molecule has 0 aliphatic heterocycles. The fourth-order valence-electron chi connectivity index (χ4n) is 2.28. The normalized spacial score (nSPS) is 15.9. The summed E-state index contributed by atoms with van der Waals surface area (Å²) in [6.45, 7) is 3.10. The summed E-state index contributed by atoms with van der Waals surface area (Å²) in [5, 5.41) is 14.0. The summed E-state index contributed by atoms with van der Waals surface area (Å²) in [5.74, 6) is 1.91. The summed E-state index contributed by atoms with van der Waals surface area (Å²) in [7, 11) is 0. The van der Waals surface area contributed by atoms with Gasteiger partial charge in [0.2, 0.25) is 5.89 Å². The van der Waals surface area contributed by atoms with Crippen molar-refractivity contribution in [2.45, 2.75) is 44.8 Å². The van der Waals surface area contributed by atoms with Gasteiger partial charge < -0.3 is 14.5 Å². The molecular formula is C16H21N3O2. The Hall–Kier alpha value is -1.88. The maximum Gasteiger partial charge on any atom is 0.229 e. The fourth-order valence-corrected chi connectivity index (χ4v) is 2.28. The van der Waals surface area contributed by atoms with Crippen molar-refractivity contribution >= 4 is 5.69 Å². The lowest BCUT2D eigenvalue weighted by molar-refractivity contribution is 0.175. The van der Waals surface area contributed by atoms with Gasteiger partial charge in [0.25, 0.3) is 0 Å². The molecule has 5 nitrogen and oxygen atoms in total. The van der Waals surface area contributed by atoms with Crippen LogP contribution >= 0.6 is 0 Å². The summed E-state index contributed by atoms with van der Waals surface area (Å²) in [4.78, 5) is 6.56. The number of benzene rings is 1. The maximum atomic E-state index is 9.97. The molecule has 21 heavy (non-hydrogen) atoms. The van der Waals surface area contributed by atoms with Crippen molar-refractivity contribution in [3.63, 3.8) is 0 Å². The Balaban J connectivity index is 1.74. The van der Waals surface area contributed by atoms with E-state index < -0.39 is 0 Å². The van der Waals surface area contributed by atoms with Gasteiger partial charge in [-0.3, -0.25) is 0 Å². The zero-order valence-electron chi connectivity index (χ0n) is 12.3. The van der Waals surface area contributed by atoms with Gasteiger partial charge in [0, 0.05) is 18.2 Å². The number of nitrogens with zero attached hydrogens (tertiary/aromatic N) is 3. The zero-order valence-corrected chi connectivity index (χ0v) is 12.3. The lowest BCUT2D eigenvalue weighted by Crippen LogP contribution is -2.32. The third kappa shape index (κ3) is 3.61. The minimum absolute atomic E-state index is 0.361. The minimum Gasteiger partial charge on any atom is -0.391 e. The average Bonchev–Trinajstić information content (AvgIpc) is 3.27. The Bertz CT molecular complexity index is 566. The Labute approximate surface area is 124 Å². The lowest BCUT2D eigenvalue weighted by Gasteiger charge is -2.25. The Morgan fingerprint density at radius 1 is 1.33 bits per heavy atom. The predicted octanol–water partition coefficient (Wildman–Crippen LogP) is 2.72. The highest BCUT2D eigenvalue weighted by Gasteiger charge is 2.29. The molecule has 112 valence electrons. The van der Waals surface area contributed by atoms with E-state index in [1.807, 2.05) is 37.3 Å². The second kappa shape index (κ2) is 6.26. The molecule has 1 fully saturated rings. The second-order valence-electron chi connectivity index (χ2n) is 5.60. The molecule has 1 aromatic carbocycles. The van der Waals surface area contributed by atoms with Gasteiger partial charge in [-0.05, 0) is 31.4 Å². The highest BCUT2D eigenvalue weighted by molar-refractivity contribution is 5.46. The Morgan fingerprint density at radius 3 is 2.76 bits per heavy atom. The number of aliphatic hydroxyl groups excluding tert-OH is 1. The molecule has 1 N–H and O–H groups in total. The first kappa shape index (κ1) is 14.1. The molecule has 1 aliphatic carbocycles. The third-order valence-electron chi connectivity index (χ3n) is 3.77. The molecule has 1 aromatic heterocycles. The molecule has 5 heteroatoms. The van der Waals surface area contributed by atoms with E-state index in [1.165, 1.54) is 0 Å². The summed E-state index contributed by atoms with van der Waals surface area (Å²) in [6, 6.07) is 10.0. The molecule has 1 saturated carbocycles. The predicted molar refractivity (Wildman–Crippen MR) is 80.1 cm³/mol. The van der Waals surface area contributed by atoms with Crippen LogP contribution in [0.4, 0.5) is 5.69 Å². The number of aromatic nitrogens is 2. The van der Waals surface area contributed by atoms with E-state index in [2.05, 4.69) is 15.0 Å². The molecule has 1 atom stereocenters. The average molecular weight is 287 g/mol. The molecule has 1 heterocycles. The van der Waals surface area contributed by atoms with Gasteiger partial charge in [0.05, 0.1) is 12.6 Å². The van der Waals surface area contributed by atoms with Crippen molar-refractivity contribution in [1.29, 1.82) is 0 Å². The van der Waals surface area contributed by atoms with E-state index in [-0.39, 0.29) is 6.10 Å². The van der Waals surface area contributed by atoms with Crippen molar-refractivity contribution < 1.29 is 9.63 Å². The van der Waals surface area contributed by atoms with E-state index in [0.717, 1.165) is 30.8 Å².